The van der Waals surface area contributed by atoms with Gasteiger partial charge in [-0.25, -0.2) is 8.42 Å². The van der Waals surface area contributed by atoms with Crippen molar-refractivity contribution < 1.29 is 32.2 Å². The molecule has 4 rings (SSSR count). The van der Waals surface area contributed by atoms with Gasteiger partial charge in [-0.3, -0.25) is 13.9 Å². The van der Waals surface area contributed by atoms with Gasteiger partial charge in [0.1, 0.15) is 18.3 Å². The van der Waals surface area contributed by atoms with Crippen LogP contribution in [0.15, 0.2) is 106 Å². The van der Waals surface area contributed by atoms with E-state index in [9.17, 15) is 18.0 Å². The molecule has 0 saturated heterocycles. The van der Waals surface area contributed by atoms with Crippen molar-refractivity contribution in [3.05, 3.63) is 113 Å². The number of amides is 2. The number of halogens is 1. The Kier molecular flexibility index (Phi) is 13.5. The van der Waals surface area contributed by atoms with Crippen LogP contribution < -0.4 is 23.8 Å². The highest BCUT2D eigenvalue weighted by atomic mass is 79.9. The predicted molar refractivity (Wildman–Crippen MR) is 194 cm³/mol. The van der Waals surface area contributed by atoms with Crippen LogP contribution >= 0.6 is 15.9 Å². The normalized spacial score (nSPS) is 11.7. The lowest BCUT2D eigenvalue weighted by atomic mass is 10.0. The van der Waals surface area contributed by atoms with Crippen molar-refractivity contribution in [3.63, 3.8) is 0 Å². The highest BCUT2D eigenvalue weighted by Gasteiger charge is 2.35. The molecule has 0 radical (unpaired) electrons. The third kappa shape index (κ3) is 9.76. The molecule has 0 saturated carbocycles. The van der Waals surface area contributed by atoms with E-state index in [4.69, 9.17) is 14.2 Å². The zero-order chi connectivity index (χ0) is 35.4. The number of methoxy groups -OCH3 is 2. The van der Waals surface area contributed by atoms with Gasteiger partial charge in [-0.1, -0.05) is 65.3 Å². The summed E-state index contributed by atoms with van der Waals surface area (Å²) < 4.78 is 47.1. The van der Waals surface area contributed by atoms with Crippen LogP contribution in [0.25, 0.3) is 0 Å². The SMILES string of the molecule is CCCNC(=O)[C@@H](Cc1ccccc1)N(Cc1ccc(Br)cc1)C(=O)CN(c1ccc(OCC)cc1)S(=O)(=O)c1ccc(OC)c(OC)c1. The first-order valence-corrected chi connectivity index (χ1v) is 18.2. The van der Waals surface area contributed by atoms with Gasteiger partial charge in [-0.05, 0) is 73.0 Å². The van der Waals surface area contributed by atoms with Gasteiger partial charge >= 0.3 is 0 Å². The van der Waals surface area contributed by atoms with Crippen LogP contribution in [0, 0.1) is 0 Å². The maximum atomic E-state index is 14.6. The van der Waals surface area contributed by atoms with Crippen LogP contribution in [0.2, 0.25) is 0 Å². The summed E-state index contributed by atoms with van der Waals surface area (Å²) >= 11 is 3.46. The number of rotatable bonds is 17. The topological polar surface area (TPSA) is 114 Å². The van der Waals surface area contributed by atoms with Crippen LogP contribution in [0.3, 0.4) is 0 Å². The number of hydrogen-bond acceptors (Lipinski definition) is 7. The summed E-state index contributed by atoms with van der Waals surface area (Å²) in [5.74, 6) is 0.231. The summed E-state index contributed by atoms with van der Waals surface area (Å²) in [6.07, 6.45) is 0.934. The van der Waals surface area contributed by atoms with E-state index in [2.05, 4.69) is 21.2 Å². The van der Waals surface area contributed by atoms with Gasteiger partial charge in [0.05, 0.1) is 31.4 Å². The number of nitrogens with zero attached hydrogens (tertiary/aromatic N) is 2. The van der Waals surface area contributed by atoms with Crippen molar-refractivity contribution in [1.29, 1.82) is 0 Å². The molecule has 0 spiro atoms. The van der Waals surface area contributed by atoms with E-state index < -0.39 is 28.5 Å². The van der Waals surface area contributed by atoms with E-state index in [0.29, 0.717) is 31.1 Å². The maximum absolute atomic E-state index is 14.6. The molecule has 0 aliphatic heterocycles. The molecule has 4 aromatic rings. The fourth-order valence-electron chi connectivity index (χ4n) is 5.21. The summed E-state index contributed by atoms with van der Waals surface area (Å²) in [5, 5.41) is 2.95. The Bertz CT molecular complexity index is 1790. The van der Waals surface area contributed by atoms with Gasteiger partial charge in [-0.2, -0.15) is 0 Å². The maximum Gasteiger partial charge on any atom is 0.264 e. The highest BCUT2D eigenvalue weighted by Crippen LogP contribution is 2.33. The van der Waals surface area contributed by atoms with E-state index in [1.54, 1.807) is 24.3 Å². The van der Waals surface area contributed by atoms with Crippen LogP contribution in [0.1, 0.15) is 31.4 Å². The summed E-state index contributed by atoms with van der Waals surface area (Å²) in [7, 11) is -1.49. The van der Waals surface area contributed by atoms with E-state index in [1.807, 2.05) is 68.4 Å². The Morgan fingerprint density at radius 1 is 0.837 bits per heavy atom. The average molecular weight is 753 g/mol. The number of benzene rings is 4. The summed E-state index contributed by atoms with van der Waals surface area (Å²) in [6.45, 7) is 4.13. The number of hydrogen-bond donors (Lipinski definition) is 1. The summed E-state index contributed by atoms with van der Waals surface area (Å²) in [6, 6.07) is 26.7. The predicted octanol–water partition coefficient (Wildman–Crippen LogP) is 6.23. The fourth-order valence-corrected chi connectivity index (χ4v) is 6.91. The van der Waals surface area contributed by atoms with Crippen LogP contribution in [-0.4, -0.2) is 65.1 Å². The Morgan fingerprint density at radius 3 is 2.12 bits per heavy atom. The van der Waals surface area contributed by atoms with Crippen molar-refractivity contribution in [2.45, 2.75) is 44.2 Å². The lowest BCUT2D eigenvalue weighted by Crippen LogP contribution is -2.53. The first-order chi connectivity index (χ1) is 23.6. The van der Waals surface area contributed by atoms with Gasteiger partial charge < -0.3 is 24.4 Å². The molecule has 0 aliphatic carbocycles. The van der Waals surface area contributed by atoms with Crippen molar-refractivity contribution in [3.8, 4) is 17.2 Å². The number of nitrogens with one attached hydrogen (secondary N) is 1. The summed E-state index contributed by atoms with van der Waals surface area (Å²) in [4.78, 5) is 29.8. The van der Waals surface area contributed by atoms with Crippen LogP contribution in [-0.2, 0) is 32.6 Å². The minimum atomic E-state index is -4.36. The molecule has 1 N–H and O–H groups in total. The van der Waals surface area contributed by atoms with Crippen LogP contribution in [0.5, 0.6) is 17.2 Å². The Morgan fingerprint density at radius 2 is 1.51 bits per heavy atom. The second-order valence-electron chi connectivity index (χ2n) is 11.1. The molecule has 0 heterocycles. The first-order valence-electron chi connectivity index (χ1n) is 15.9. The summed E-state index contributed by atoms with van der Waals surface area (Å²) in [5.41, 5.74) is 1.87. The molecule has 10 nitrogen and oxygen atoms in total. The van der Waals surface area contributed by atoms with Crippen molar-refractivity contribution in [1.82, 2.24) is 10.2 Å². The third-order valence-corrected chi connectivity index (χ3v) is 10.0. The van der Waals surface area contributed by atoms with E-state index >= 15 is 0 Å². The van der Waals surface area contributed by atoms with Crippen molar-refractivity contribution >= 4 is 43.5 Å². The average Bonchev–Trinajstić information content (AvgIpc) is 3.12. The minimum absolute atomic E-state index is 0.0662. The van der Waals surface area contributed by atoms with Crippen LogP contribution in [0.4, 0.5) is 5.69 Å². The van der Waals surface area contributed by atoms with Gasteiger partial charge in [-0.15, -0.1) is 0 Å². The largest absolute Gasteiger partial charge is 0.494 e. The molecule has 260 valence electrons. The molecular weight excluding hydrogens is 710 g/mol. The molecule has 12 heteroatoms. The molecule has 2 amide bonds. The molecule has 0 unspecified atom stereocenters. The second kappa shape index (κ2) is 17.7. The van der Waals surface area contributed by atoms with Crippen molar-refractivity contribution in [2.24, 2.45) is 0 Å². The Hall–Kier alpha value is -4.55. The van der Waals surface area contributed by atoms with E-state index in [0.717, 1.165) is 19.9 Å². The van der Waals surface area contributed by atoms with E-state index in [1.165, 1.54) is 37.3 Å². The Balaban J connectivity index is 1.82. The lowest BCUT2D eigenvalue weighted by molar-refractivity contribution is -0.140. The molecule has 0 aliphatic rings. The van der Waals surface area contributed by atoms with Crippen molar-refractivity contribution in [2.75, 3.05) is 38.2 Å². The Labute approximate surface area is 297 Å². The van der Waals surface area contributed by atoms with Gasteiger partial charge in [0, 0.05) is 30.0 Å². The third-order valence-electron chi connectivity index (χ3n) is 7.74. The number of carbonyl (C=O) groups is 2. The first kappa shape index (κ1) is 37.3. The fraction of sp³-hybridized carbons (Fsp3) is 0.297. The molecule has 49 heavy (non-hydrogen) atoms. The zero-order valence-electron chi connectivity index (χ0n) is 28.1. The molecule has 0 aromatic heterocycles. The minimum Gasteiger partial charge on any atom is -0.494 e. The second-order valence-corrected chi connectivity index (χ2v) is 13.9. The van der Waals surface area contributed by atoms with Gasteiger partial charge in [0.25, 0.3) is 10.0 Å². The smallest absolute Gasteiger partial charge is 0.264 e. The number of anilines is 1. The number of ether oxygens (including phenoxy) is 3. The molecule has 0 bridgehead atoms. The molecule has 1 atom stereocenters. The molecular formula is C37H42BrN3O7S. The standard InChI is InChI=1S/C37H42BrN3O7S/c1-5-22-39-37(43)33(23-27-10-8-7-9-11-27)40(25-28-12-14-29(38)15-13-28)36(42)26-41(30-16-18-31(19-17-30)48-6-2)49(44,45)32-20-21-34(46-3)35(24-32)47-4/h7-21,24,33H,5-6,22-23,25-26H2,1-4H3,(H,39,43)/t33-/m1/s1. The highest BCUT2D eigenvalue weighted by molar-refractivity contribution is 9.10. The monoisotopic (exact) mass is 751 g/mol. The molecule has 4 aromatic carbocycles. The quantitative estimate of drug-likeness (QED) is 0.136. The van der Waals surface area contributed by atoms with Gasteiger partial charge in [0.15, 0.2) is 11.5 Å². The molecule has 0 fully saturated rings. The number of carbonyl (C=O) groups excluding carboxylic acids is 2. The lowest BCUT2D eigenvalue weighted by Gasteiger charge is -2.34. The van der Waals surface area contributed by atoms with E-state index in [-0.39, 0.29) is 35.2 Å². The van der Waals surface area contributed by atoms with Gasteiger partial charge in [0.2, 0.25) is 11.8 Å². The zero-order valence-corrected chi connectivity index (χ0v) is 30.5. The number of sulfonamides is 1.